The molecule has 1 heterocycles. The third-order valence-corrected chi connectivity index (χ3v) is 3.36. The van der Waals surface area contributed by atoms with Crippen molar-refractivity contribution in [2.75, 3.05) is 0 Å². The van der Waals surface area contributed by atoms with Gasteiger partial charge in [0.05, 0.1) is 0 Å². The number of benzene rings is 2. The third kappa shape index (κ3) is 1.90. The van der Waals surface area contributed by atoms with Gasteiger partial charge in [-0.2, -0.15) is 0 Å². The van der Waals surface area contributed by atoms with Crippen molar-refractivity contribution in [1.82, 2.24) is 0 Å². The SMILES string of the molecule is C#Cc1ccc2c(-c3ccccc3)c(C)c(=O)oc2c1. The summed E-state index contributed by atoms with van der Waals surface area (Å²) >= 11 is 0. The van der Waals surface area contributed by atoms with E-state index < -0.39 is 0 Å². The molecule has 0 unspecified atom stereocenters. The summed E-state index contributed by atoms with van der Waals surface area (Å²) < 4.78 is 5.35. The van der Waals surface area contributed by atoms with E-state index in [1.807, 2.05) is 42.5 Å². The Bertz CT molecular complexity index is 881. The summed E-state index contributed by atoms with van der Waals surface area (Å²) in [6.07, 6.45) is 5.39. The van der Waals surface area contributed by atoms with E-state index in [1.54, 1.807) is 13.0 Å². The van der Waals surface area contributed by atoms with Crippen LogP contribution in [0, 0.1) is 19.3 Å². The van der Waals surface area contributed by atoms with Crippen molar-refractivity contribution < 1.29 is 4.42 Å². The van der Waals surface area contributed by atoms with E-state index in [0.717, 1.165) is 16.5 Å². The fourth-order valence-electron chi connectivity index (χ4n) is 2.36. The van der Waals surface area contributed by atoms with Crippen molar-refractivity contribution in [3.05, 3.63) is 70.1 Å². The lowest BCUT2D eigenvalue weighted by atomic mass is 9.97. The molecular weight excluding hydrogens is 248 g/mol. The van der Waals surface area contributed by atoms with Gasteiger partial charge in [-0.25, -0.2) is 4.79 Å². The van der Waals surface area contributed by atoms with Crippen molar-refractivity contribution >= 4 is 11.0 Å². The normalized spacial score (nSPS) is 10.4. The lowest BCUT2D eigenvalue weighted by Gasteiger charge is -2.09. The summed E-state index contributed by atoms with van der Waals surface area (Å²) in [6, 6.07) is 15.3. The van der Waals surface area contributed by atoms with Crippen LogP contribution < -0.4 is 5.63 Å². The van der Waals surface area contributed by atoms with Gasteiger partial charge in [0.25, 0.3) is 0 Å². The summed E-state index contributed by atoms with van der Waals surface area (Å²) in [7, 11) is 0. The first kappa shape index (κ1) is 12.3. The minimum absolute atomic E-state index is 0.328. The molecule has 3 rings (SSSR count). The molecule has 0 amide bonds. The molecule has 0 N–H and O–H groups in total. The molecule has 0 aliphatic heterocycles. The van der Waals surface area contributed by atoms with Crippen LogP contribution in [0.4, 0.5) is 0 Å². The van der Waals surface area contributed by atoms with E-state index in [0.29, 0.717) is 16.7 Å². The van der Waals surface area contributed by atoms with Gasteiger partial charge in [0.15, 0.2) is 0 Å². The zero-order valence-corrected chi connectivity index (χ0v) is 11.0. The number of hydrogen-bond donors (Lipinski definition) is 0. The molecule has 3 aromatic rings. The zero-order chi connectivity index (χ0) is 14.1. The monoisotopic (exact) mass is 260 g/mol. The number of rotatable bonds is 1. The van der Waals surface area contributed by atoms with Gasteiger partial charge in [-0.3, -0.25) is 0 Å². The maximum absolute atomic E-state index is 12.0. The van der Waals surface area contributed by atoms with Gasteiger partial charge >= 0.3 is 5.63 Å². The van der Waals surface area contributed by atoms with Crippen molar-refractivity contribution in [3.8, 4) is 23.5 Å². The quantitative estimate of drug-likeness (QED) is 0.492. The molecule has 0 spiro atoms. The molecule has 96 valence electrons. The number of terminal acetylenes is 1. The second-order valence-corrected chi connectivity index (χ2v) is 4.61. The van der Waals surface area contributed by atoms with Crippen molar-refractivity contribution in [2.24, 2.45) is 0 Å². The molecule has 1 aromatic heterocycles. The minimum Gasteiger partial charge on any atom is -0.422 e. The van der Waals surface area contributed by atoms with Gasteiger partial charge in [-0.1, -0.05) is 36.3 Å². The first-order chi connectivity index (χ1) is 9.70. The van der Waals surface area contributed by atoms with E-state index in [9.17, 15) is 4.79 Å². The van der Waals surface area contributed by atoms with E-state index in [-0.39, 0.29) is 5.63 Å². The van der Waals surface area contributed by atoms with E-state index >= 15 is 0 Å². The Labute approximate surface area is 116 Å². The first-order valence-electron chi connectivity index (χ1n) is 6.30. The van der Waals surface area contributed by atoms with Crippen LogP contribution in [0.3, 0.4) is 0 Å². The van der Waals surface area contributed by atoms with Gasteiger partial charge < -0.3 is 4.42 Å². The Morgan fingerprint density at radius 1 is 1.10 bits per heavy atom. The zero-order valence-electron chi connectivity index (χ0n) is 11.0. The van der Waals surface area contributed by atoms with E-state index in [4.69, 9.17) is 10.8 Å². The molecule has 0 bridgehead atoms. The second kappa shape index (κ2) is 4.71. The van der Waals surface area contributed by atoms with Crippen molar-refractivity contribution in [3.63, 3.8) is 0 Å². The highest BCUT2D eigenvalue weighted by Gasteiger charge is 2.12. The largest absolute Gasteiger partial charge is 0.422 e. The van der Waals surface area contributed by atoms with Crippen LogP contribution in [0.15, 0.2) is 57.7 Å². The van der Waals surface area contributed by atoms with E-state index in [1.165, 1.54) is 0 Å². The van der Waals surface area contributed by atoms with Crippen LogP contribution in [0.1, 0.15) is 11.1 Å². The molecule has 0 saturated heterocycles. The fraction of sp³-hybridized carbons (Fsp3) is 0.0556. The van der Waals surface area contributed by atoms with Crippen LogP contribution in [0.2, 0.25) is 0 Å². The molecule has 0 atom stereocenters. The van der Waals surface area contributed by atoms with Gasteiger partial charge in [0, 0.05) is 22.1 Å². The summed E-state index contributed by atoms with van der Waals surface area (Å²) in [6.45, 7) is 1.78. The molecular formula is C18H12O2. The van der Waals surface area contributed by atoms with Crippen molar-refractivity contribution in [1.29, 1.82) is 0 Å². The molecule has 0 aliphatic rings. The number of fused-ring (bicyclic) bond motifs is 1. The average molecular weight is 260 g/mol. The van der Waals surface area contributed by atoms with Crippen LogP contribution in [0.5, 0.6) is 0 Å². The fourth-order valence-corrected chi connectivity index (χ4v) is 2.36. The lowest BCUT2D eigenvalue weighted by Crippen LogP contribution is -2.05. The Kier molecular flexibility index (Phi) is 2.89. The Hall–Kier alpha value is -2.79. The average Bonchev–Trinajstić information content (AvgIpc) is 2.49. The molecule has 2 aromatic carbocycles. The highest BCUT2D eigenvalue weighted by molar-refractivity contribution is 5.95. The predicted molar refractivity (Wildman–Crippen MR) is 80.6 cm³/mol. The first-order valence-corrected chi connectivity index (χ1v) is 6.30. The molecule has 0 fully saturated rings. The highest BCUT2D eigenvalue weighted by atomic mass is 16.4. The van der Waals surface area contributed by atoms with Crippen LogP contribution in [-0.4, -0.2) is 0 Å². The number of hydrogen-bond acceptors (Lipinski definition) is 2. The summed E-state index contributed by atoms with van der Waals surface area (Å²) in [5.74, 6) is 2.55. The summed E-state index contributed by atoms with van der Waals surface area (Å²) in [5, 5.41) is 0.896. The van der Waals surface area contributed by atoms with Gasteiger partial charge in [0.1, 0.15) is 5.58 Å². The molecule has 0 aliphatic carbocycles. The molecule has 2 nitrogen and oxygen atoms in total. The Morgan fingerprint density at radius 3 is 2.55 bits per heavy atom. The van der Waals surface area contributed by atoms with Gasteiger partial charge in [-0.15, -0.1) is 6.42 Å². The molecule has 2 heteroatoms. The standard InChI is InChI=1S/C18H12O2/c1-3-13-9-10-15-16(11-13)20-18(19)12(2)17(15)14-7-5-4-6-8-14/h1,4-11H,2H3. The topological polar surface area (TPSA) is 30.2 Å². The molecule has 0 radical (unpaired) electrons. The van der Waals surface area contributed by atoms with Gasteiger partial charge in [0.2, 0.25) is 0 Å². The maximum Gasteiger partial charge on any atom is 0.339 e. The van der Waals surface area contributed by atoms with Gasteiger partial charge in [-0.05, 0) is 30.7 Å². The summed E-state index contributed by atoms with van der Waals surface area (Å²) in [4.78, 5) is 12.0. The van der Waals surface area contributed by atoms with Crippen LogP contribution in [0.25, 0.3) is 22.1 Å². The third-order valence-electron chi connectivity index (χ3n) is 3.36. The second-order valence-electron chi connectivity index (χ2n) is 4.61. The smallest absolute Gasteiger partial charge is 0.339 e. The summed E-state index contributed by atoms with van der Waals surface area (Å²) in [5.41, 5.74) is 3.40. The van der Waals surface area contributed by atoms with Crippen LogP contribution >= 0.6 is 0 Å². The highest BCUT2D eigenvalue weighted by Crippen LogP contribution is 2.30. The maximum atomic E-state index is 12.0. The Morgan fingerprint density at radius 2 is 1.85 bits per heavy atom. The van der Waals surface area contributed by atoms with Crippen LogP contribution in [-0.2, 0) is 0 Å². The van der Waals surface area contributed by atoms with Crippen molar-refractivity contribution in [2.45, 2.75) is 6.92 Å². The Balaban J connectivity index is 2.44. The van der Waals surface area contributed by atoms with E-state index in [2.05, 4.69) is 5.92 Å². The minimum atomic E-state index is -0.328. The molecule has 0 saturated carbocycles. The molecule has 20 heavy (non-hydrogen) atoms. The lowest BCUT2D eigenvalue weighted by molar-refractivity contribution is 0.555. The predicted octanol–water partition coefficient (Wildman–Crippen LogP) is 3.75.